The minimum absolute atomic E-state index is 0.0677. The van der Waals surface area contributed by atoms with E-state index in [4.69, 9.17) is 4.74 Å². The van der Waals surface area contributed by atoms with Crippen molar-refractivity contribution in [2.24, 2.45) is 0 Å². The second kappa shape index (κ2) is 8.31. The minimum Gasteiger partial charge on any atom is -0.444 e. The van der Waals surface area contributed by atoms with Crippen LogP contribution in [0.2, 0.25) is 0 Å². The fourth-order valence-corrected chi connectivity index (χ4v) is 1.92. The summed E-state index contributed by atoms with van der Waals surface area (Å²) in [5, 5.41) is 0. The maximum absolute atomic E-state index is 13.0. The first-order valence-corrected chi connectivity index (χ1v) is 7.60. The van der Waals surface area contributed by atoms with Gasteiger partial charge >= 0.3 is 18.4 Å². The Morgan fingerprint density at radius 2 is 1.68 bits per heavy atom. The summed E-state index contributed by atoms with van der Waals surface area (Å²) in [4.78, 5) is 24.9. The normalized spacial score (nSPS) is 12.2. The average molecular weight is 363 g/mol. The molecular weight excluding hydrogens is 342 g/mol. The molecule has 0 aromatic heterocycles. The van der Waals surface area contributed by atoms with Crippen LogP contribution in [0.15, 0.2) is 30.3 Å². The molecule has 1 aromatic carbocycles. The van der Waals surface area contributed by atoms with Crippen molar-refractivity contribution in [2.75, 3.05) is 6.54 Å². The number of rotatable bonds is 7. The van der Waals surface area contributed by atoms with Crippen LogP contribution in [0.4, 0.5) is 22.4 Å². The highest BCUT2D eigenvalue weighted by Gasteiger charge is 2.43. The van der Waals surface area contributed by atoms with Gasteiger partial charge in [-0.1, -0.05) is 30.3 Å². The van der Waals surface area contributed by atoms with E-state index in [1.165, 1.54) is 0 Å². The highest BCUT2D eigenvalue weighted by Crippen LogP contribution is 2.27. The number of Topliss-reactive ketones (excluding diaryl/α,β-unsaturated/α-hetero) is 1. The maximum Gasteiger partial charge on any atom is 0.410 e. The zero-order valence-corrected chi connectivity index (χ0v) is 14.3. The topological polar surface area (TPSA) is 46.6 Å². The van der Waals surface area contributed by atoms with Crippen LogP contribution in [-0.4, -0.2) is 41.3 Å². The average Bonchev–Trinajstić information content (AvgIpc) is 2.45. The maximum atomic E-state index is 13.0. The van der Waals surface area contributed by atoms with Gasteiger partial charge in [-0.15, -0.1) is 0 Å². The third-order valence-electron chi connectivity index (χ3n) is 2.99. The van der Waals surface area contributed by atoms with E-state index in [0.29, 0.717) is 5.56 Å². The predicted molar refractivity (Wildman–Crippen MR) is 83.7 cm³/mol. The quantitative estimate of drug-likeness (QED) is 0.679. The Morgan fingerprint density at radius 1 is 1.12 bits per heavy atom. The molecule has 0 heterocycles. The molecule has 1 rings (SSSR count). The molecule has 1 amide bonds. The Morgan fingerprint density at radius 3 is 2.16 bits per heavy atom. The van der Waals surface area contributed by atoms with Gasteiger partial charge in [0.15, 0.2) is 5.78 Å². The lowest BCUT2D eigenvalue weighted by molar-refractivity contribution is -0.150. The number of nitrogens with zero attached hydrogens (tertiary/aromatic N) is 1. The number of hydrogen-bond donors (Lipinski definition) is 0. The van der Waals surface area contributed by atoms with Crippen LogP contribution < -0.4 is 0 Å². The molecule has 0 fully saturated rings. The number of carbonyl (C=O) groups is 2. The van der Waals surface area contributed by atoms with Crippen molar-refractivity contribution in [2.45, 2.75) is 51.7 Å². The van der Waals surface area contributed by atoms with Crippen LogP contribution >= 0.6 is 0 Å². The molecule has 0 atom stereocenters. The lowest BCUT2D eigenvalue weighted by Crippen LogP contribution is -2.41. The number of benzene rings is 1. The van der Waals surface area contributed by atoms with E-state index in [0.717, 1.165) is 4.90 Å². The molecule has 0 aliphatic carbocycles. The molecule has 8 heteroatoms. The Kier molecular flexibility index (Phi) is 6.96. The molecule has 0 spiro atoms. The van der Waals surface area contributed by atoms with E-state index in [9.17, 15) is 27.2 Å². The van der Waals surface area contributed by atoms with E-state index in [1.54, 1.807) is 51.1 Å². The Bertz CT molecular complexity index is 585. The molecule has 0 saturated carbocycles. The molecule has 140 valence electrons. The molecule has 1 aromatic rings. The van der Waals surface area contributed by atoms with Crippen molar-refractivity contribution in [1.29, 1.82) is 0 Å². The standard InChI is InChI=1S/C17H21F4NO3/c1-16(2,3)25-15(24)22(10-12-7-5-4-6-8-12)11-13(23)9-17(20,21)14(18)19/h4-8,14H,9-11H2,1-3H3. The first-order chi connectivity index (χ1) is 11.4. The van der Waals surface area contributed by atoms with Gasteiger partial charge in [-0.05, 0) is 26.3 Å². The highest BCUT2D eigenvalue weighted by molar-refractivity contribution is 5.84. The summed E-state index contributed by atoms with van der Waals surface area (Å²) < 4.78 is 55.7. The van der Waals surface area contributed by atoms with E-state index in [2.05, 4.69) is 0 Å². The number of carbonyl (C=O) groups excluding carboxylic acids is 2. The monoisotopic (exact) mass is 363 g/mol. The van der Waals surface area contributed by atoms with Gasteiger partial charge in [-0.25, -0.2) is 13.6 Å². The lowest BCUT2D eigenvalue weighted by atomic mass is 10.1. The molecule has 0 radical (unpaired) electrons. The van der Waals surface area contributed by atoms with Crippen molar-refractivity contribution in [3.8, 4) is 0 Å². The number of ether oxygens (including phenoxy) is 1. The highest BCUT2D eigenvalue weighted by atomic mass is 19.3. The van der Waals surface area contributed by atoms with E-state index in [1.807, 2.05) is 0 Å². The molecule has 0 aliphatic rings. The zero-order chi connectivity index (χ0) is 19.3. The lowest BCUT2D eigenvalue weighted by Gasteiger charge is -2.27. The van der Waals surface area contributed by atoms with Gasteiger partial charge in [0.1, 0.15) is 5.60 Å². The van der Waals surface area contributed by atoms with Gasteiger partial charge in [0.05, 0.1) is 13.0 Å². The molecular formula is C17H21F4NO3. The number of hydrogen-bond acceptors (Lipinski definition) is 3. The number of alkyl halides is 4. The van der Waals surface area contributed by atoms with Crippen LogP contribution in [0.25, 0.3) is 0 Å². The molecule has 0 bridgehead atoms. The summed E-state index contributed by atoms with van der Waals surface area (Å²) in [5.41, 5.74) is -0.219. The SMILES string of the molecule is CC(C)(C)OC(=O)N(CC(=O)CC(F)(F)C(F)F)Cc1ccccc1. The van der Waals surface area contributed by atoms with Crippen molar-refractivity contribution < 1.29 is 31.9 Å². The third-order valence-corrected chi connectivity index (χ3v) is 2.99. The Balaban J connectivity index is 2.87. The first-order valence-electron chi connectivity index (χ1n) is 7.60. The van der Waals surface area contributed by atoms with Crippen LogP contribution in [0, 0.1) is 0 Å². The van der Waals surface area contributed by atoms with Gasteiger partial charge in [0.2, 0.25) is 0 Å². The number of ketones is 1. The van der Waals surface area contributed by atoms with Crippen LogP contribution in [-0.2, 0) is 16.1 Å². The third kappa shape index (κ3) is 7.53. The molecule has 0 N–H and O–H groups in total. The summed E-state index contributed by atoms with van der Waals surface area (Å²) in [6.45, 7) is 4.02. The van der Waals surface area contributed by atoms with E-state index < -0.39 is 42.8 Å². The Labute approximate surface area is 143 Å². The van der Waals surface area contributed by atoms with E-state index in [-0.39, 0.29) is 6.54 Å². The van der Waals surface area contributed by atoms with Crippen molar-refractivity contribution in [1.82, 2.24) is 4.90 Å². The summed E-state index contributed by atoms with van der Waals surface area (Å²) in [5.74, 6) is -5.60. The van der Waals surface area contributed by atoms with Crippen LogP contribution in [0.3, 0.4) is 0 Å². The second-order valence-corrected chi connectivity index (χ2v) is 6.60. The van der Waals surface area contributed by atoms with Gasteiger partial charge in [-0.2, -0.15) is 8.78 Å². The smallest absolute Gasteiger partial charge is 0.410 e. The Hall–Kier alpha value is -2.12. The zero-order valence-electron chi connectivity index (χ0n) is 14.3. The largest absolute Gasteiger partial charge is 0.444 e. The molecule has 4 nitrogen and oxygen atoms in total. The summed E-state index contributed by atoms with van der Waals surface area (Å²) in [7, 11) is 0. The molecule has 0 unspecified atom stereocenters. The summed E-state index contributed by atoms with van der Waals surface area (Å²) in [6.07, 6.45) is -6.47. The van der Waals surface area contributed by atoms with Gasteiger partial charge in [0.25, 0.3) is 0 Å². The van der Waals surface area contributed by atoms with Crippen molar-refractivity contribution in [3.05, 3.63) is 35.9 Å². The summed E-state index contributed by atoms with van der Waals surface area (Å²) in [6, 6.07) is 8.51. The molecule has 0 saturated heterocycles. The van der Waals surface area contributed by atoms with Gasteiger partial charge in [-0.3, -0.25) is 9.69 Å². The fraction of sp³-hybridized carbons (Fsp3) is 0.529. The van der Waals surface area contributed by atoms with Crippen LogP contribution in [0.1, 0.15) is 32.8 Å². The van der Waals surface area contributed by atoms with E-state index >= 15 is 0 Å². The van der Waals surface area contributed by atoms with Gasteiger partial charge in [0, 0.05) is 6.54 Å². The van der Waals surface area contributed by atoms with Crippen LogP contribution in [0.5, 0.6) is 0 Å². The minimum atomic E-state index is -4.43. The fourth-order valence-electron chi connectivity index (χ4n) is 1.92. The number of amides is 1. The first kappa shape index (κ1) is 20.9. The predicted octanol–water partition coefficient (Wildman–Crippen LogP) is 4.28. The van der Waals surface area contributed by atoms with Crippen molar-refractivity contribution >= 4 is 11.9 Å². The number of halogens is 4. The second-order valence-electron chi connectivity index (χ2n) is 6.60. The molecule has 25 heavy (non-hydrogen) atoms. The van der Waals surface area contributed by atoms with Crippen molar-refractivity contribution in [3.63, 3.8) is 0 Å². The molecule has 0 aliphatic heterocycles. The summed E-state index contributed by atoms with van der Waals surface area (Å²) >= 11 is 0. The van der Waals surface area contributed by atoms with Gasteiger partial charge < -0.3 is 4.74 Å².